The van der Waals surface area contributed by atoms with Crippen LogP contribution in [0.5, 0.6) is 0 Å². The molecule has 0 saturated carbocycles. The molecule has 0 aliphatic carbocycles. The van der Waals surface area contributed by atoms with E-state index in [9.17, 15) is 0 Å². The maximum absolute atomic E-state index is 4.58. The summed E-state index contributed by atoms with van der Waals surface area (Å²) in [7, 11) is 1.94. The number of hydrogen-bond donors (Lipinski definition) is 1. The zero-order valence-corrected chi connectivity index (χ0v) is 20.2. The minimum Gasteiger partial charge on any atom is -0.359 e. The van der Waals surface area contributed by atoms with Crippen LogP contribution < -0.4 is 5.32 Å². The van der Waals surface area contributed by atoms with Crippen LogP contribution in [0, 0.1) is 12.8 Å². The van der Waals surface area contributed by atoms with Crippen LogP contribution in [0.25, 0.3) is 22.4 Å². The second-order valence-electron chi connectivity index (χ2n) is 8.77. The molecule has 0 amide bonds. The summed E-state index contributed by atoms with van der Waals surface area (Å²) >= 11 is 1.67. The smallest absolute Gasteiger partial charge is 0.0901 e. The minimum atomic E-state index is -0.224. The van der Waals surface area contributed by atoms with Gasteiger partial charge in [0.15, 0.2) is 0 Å². The van der Waals surface area contributed by atoms with Crippen LogP contribution in [0.4, 0.5) is 5.69 Å². The van der Waals surface area contributed by atoms with Crippen molar-refractivity contribution in [2.45, 2.75) is 33.1 Å². The van der Waals surface area contributed by atoms with Gasteiger partial charge in [-0.05, 0) is 43.0 Å². The normalized spacial score (nSPS) is 13.2. The number of nitrogens with one attached hydrogen (secondary N) is 1. The molecule has 2 aromatic carbocycles. The lowest BCUT2D eigenvalue weighted by molar-refractivity contribution is 0.400. The quantitative estimate of drug-likeness (QED) is 0.333. The predicted molar refractivity (Wildman–Crippen MR) is 136 cm³/mol. The standard InChI is InChI=1S/C27H30N4S/c1-18(2)27(5,24-11-7-21(8-12-24)23-15-28-31(6)16-23)19(3)29-25-13-9-22(10-14-25)26-17-32-20(4)30-26/h7-18,29H,3H2,1-2,4-6H3. The van der Waals surface area contributed by atoms with Gasteiger partial charge in [0, 0.05) is 46.6 Å². The fourth-order valence-electron chi connectivity index (χ4n) is 3.96. The van der Waals surface area contributed by atoms with Crippen LogP contribution in [-0.4, -0.2) is 14.8 Å². The summed E-state index contributed by atoms with van der Waals surface area (Å²) in [4.78, 5) is 4.58. The van der Waals surface area contributed by atoms with Crippen molar-refractivity contribution in [3.63, 3.8) is 0 Å². The molecule has 1 atom stereocenters. The molecule has 0 aliphatic heterocycles. The molecular weight excluding hydrogens is 412 g/mol. The van der Waals surface area contributed by atoms with Crippen LogP contribution in [-0.2, 0) is 12.5 Å². The first-order chi connectivity index (χ1) is 15.3. The zero-order chi connectivity index (χ0) is 22.9. The molecular formula is C27H30N4S. The third-order valence-electron chi connectivity index (χ3n) is 6.40. The monoisotopic (exact) mass is 442 g/mol. The van der Waals surface area contributed by atoms with Gasteiger partial charge in [0.05, 0.1) is 16.9 Å². The molecule has 164 valence electrons. The first-order valence-corrected chi connectivity index (χ1v) is 11.7. The lowest BCUT2D eigenvalue weighted by Gasteiger charge is -2.37. The van der Waals surface area contributed by atoms with E-state index >= 15 is 0 Å². The van der Waals surface area contributed by atoms with Gasteiger partial charge in [-0.25, -0.2) is 4.98 Å². The third-order valence-corrected chi connectivity index (χ3v) is 7.17. The minimum absolute atomic E-state index is 0.224. The Balaban J connectivity index is 1.55. The molecule has 0 fully saturated rings. The number of anilines is 1. The molecule has 5 heteroatoms. The Labute approximate surface area is 194 Å². The summed E-state index contributed by atoms with van der Waals surface area (Å²) in [6, 6.07) is 17.2. The van der Waals surface area contributed by atoms with Crippen LogP contribution in [0.1, 0.15) is 31.3 Å². The highest BCUT2D eigenvalue weighted by molar-refractivity contribution is 7.09. The van der Waals surface area contributed by atoms with Crippen molar-refractivity contribution in [3.05, 3.63) is 89.2 Å². The molecule has 0 aliphatic rings. The van der Waals surface area contributed by atoms with Gasteiger partial charge < -0.3 is 5.32 Å². The summed E-state index contributed by atoms with van der Waals surface area (Å²) in [6.45, 7) is 13.2. The van der Waals surface area contributed by atoms with E-state index in [0.717, 1.165) is 33.2 Å². The molecule has 0 radical (unpaired) electrons. The van der Waals surface area contributed by atoms with Gasteiger partial charge in [-0.15, -0.1) is 11.3 Å². The van der Waals surface area contributed by atoms with Gasteiger partial charge in [-0.3, -0.25) is 4.68 Å². The third kappa shape index (κ3) is 4.26. The number of hydrogen-bond acceptors (Lipinski definition) is 4. The summed E-state index contributed by atoms with van der Waals surface area (Å²) < 4.78 is 1.83. The average molecular weight is 443 g/mol. The molecule has 1 N–H and O–H groups in total. The van der Waals surface area contributed by atoms with Crippen molar-refractivity contribution in [2.75, 3.05) is 5.32 Å². The Morgan fingerprint density at radius 3 is 2.22 bits per heavy atom. The van der Waals surface area contributed by atoms with Gasteiger partial charge >= 0.3 is 0 Å². The highest BCUT2D eigenvalue weighted by Crippen LogP contribution is 2.39. The summed E-state index contributed by atoms with van der Waals surface area (Å²) in [5, 5.41) is 11.0. The zero-order valence-electron chi connectivity index (χ0n) is 19.4. The van der Waals surface area contributed by atoms with Crippen LogP contribution in [0.3, 0.4) is 0 Å². The second-order valence-corrected chi connectivity index (χ2v) is 9.83. The molecule has 4 rings (SSSR count). The number of thiazole rings is 1. The van der Waals surface area contributed by atoms with Crippen molar-refractivity contribution in [3.8, 4) is 22.4 Å². The Morgan fingerprint density at radius 2 is 1.69 bits per heavy atom. The highest BCUT2D eigenvalue weighted by atomic mass is 32.1. The van der Waals surface area contributed by atoms with E-state index in [1.54, 1.807) is 11.3 Å². The molecule has 0 spiro atoms. The topological polar surface area (TPSA) is 42.7 Å². The van der Waals surface area contributed by atoms with Gasteiger partial charge in [0.2, 0.25) is 0 Å². The molecule has 1 unspecified atom stereocenters. The Bertz CT molecular complexity index is 1220. The van der Waals surface area contributed by atoms with Crippen molar-refractivity contribution in [2.24, 2.45) is 13.0 Å². The molecule has 2 aromatic heterocycles. The first kappa shape index (κ1) is 22.0. The Kier molecular flexibility index (Phi) is 6.02. The van der Waals surface area contributed by atoms with Crippen molar-refractivity contribution in [1.82, 2.24) is 14.8 Å². The van der Waals surface area contributed by atoms with Crippen LogP contribution in [0.2, 0.25) is 0 Å². The van der Waals surface area contributed by atoms with E-state index in [4.69, 9.17) is 0 Å². The van der Waals surface area contributed by atoms with E-state index in [0.29, 0.717) is 5.92 Å². The number of rotatable bonds is 7. The maximum atomic E-state index is 4.58. The molecule has 0 bridgehead atoms. The van der Waals surface area contributed by atoms with Crippen LogP contribution >= 0.6 is 11.3 Å². The van der Waals surface area contributed by atoms with Crippen molar-refractivity contribution in [1.29, 1.82) is 0 Å². The van der Waals surface area contributed by atoms with E-state index in [2.05, 4.69) is 96.7 Å². The molecule has 0 saturated heterocycles. The van der Waals surface area contributed by atoms with Crippen molar-refractivity contribution >= 4 is 17.0 Å². The number of aryl methyl sites for hydroxylation is 2. The maximum Gasteiger partial charge on any atom is 0.0901 e. The number of benzene rings is 2. The Morgan fingerprint density at radius 1 is 1.03 bits per heavy atom. The van der Waals surface area contributed by atoms with Gasteiger partial charge in [0.25, 0.3) is 0 Å². The van der Waals surface area contributed by atoms with Gasteiger partial charge in [-0.2, -0.15) is 5.10 Å². The predicted octanol–water partition coefficient (Wildman–Crippen LogP) is 7.06. The van der Waals surface area contributed by atoms with E-state index in [-0.39, 0.29) is 5.41 Å². The number of allylic oxidation sites excluding steroid dienone is 1. The molecule has 2 heterocycles. The van der Waals surface area contributed by atoms with E-state index in [1.165, 1.54) is 11.1 Å². The van der Waals surface area contributed by atoms with Gasteiger partial charge in [-0.1, -0.05) is 56.8 Å². The molecule has 4 nitrogen and oxygen atoms in total. The van der Waals surface area contributed by atoms with E-state index < -0.39 is 0 Å². The number of nitrogens with zero attached hydrogens (tertiary/aromatic N) is 3. The van der Waals surface area contributed by atoms with Gasteiger partial charge in [0.1, 0.15) is 0 Å². The fourth-order valence-corrected chi connectivity index (χ4v) is 4.58. The second kappa shape index (κ2) is 8.75. The van der Waals surface area contributed by atoms with E-state index in [1.807, 2.05) is 31.0 Å². The highest BCUT2D eigenvalue weighted by Gasteiger charge is 2.34. The summed E-state index contributed by atoms with van der Waals surface area (Å²) in [5.74, 6) is 0.365. The fraction of sp³-hybridized carbons (Fsp3) is 0.259. The number of aromatic nitrogens is 3. The molecule has 4 aromatic rings. The Hall–Kier alpha value is -3.18. The summed E-state index contributed by atoms with van der Waals surface area (Å²) in [5.41, 5.74) is 7.48. The SMILES string of the molecule is C=C(Nc1ccc(-c2csc(C)n2)cc1)C(C)(c1ccc(-c2cnn(C)c2)cc1)C(C)C. The average Bonchev–Trinajstić information content (AvgIpc) is 3.42. The lowest BCUT2D eigenvalue weighted by atomic mass is 9.71. The lowest BCUT2D eigenvalue weighted by Crippen LogP contribution is -2.34. The van der Waals surface area contributed by atoms with Crippen molar-refractivity contribution < 1.29 is 0 Å². The van der Waals surface area contributed by atoms with Crippen LogP contribution in [0.15, 0.2) is 78.6 Å². The first-order valence-electron chi connectivity index (χ1n) is 10.9. The summed E-state index contributed by atoms with van der Waals surface area (Å²) in [6.07, 6.45) is 3.93. The largest absolute Gasteiger partial charge is 0.359 e. The molecule has 32 heavy (non-hydrogen) atoms.